The molecule has 1 heterocycles. The van der Waals surface area contributed by atoms with Crippen LogP contribution in [0.1, 0.15) is 37.8 Å². The van der Waals surface area contributed by atoms with Gasteiger partial charge in [-0.1, -0.05) is 29.8 Å². The minimum absolute atomic E-state index is 0.0774. The lowest BCUT2D eigenvalue weighted by Crippen LogP contribution is -2.47. The van der Waals surface area contributed by atoms with Crippen LogP contribution in [-0.2, 0) is 10.3 Å². The Kier molecular flexibility index (Phi) is 4.08. The second kappa shape index (κ2) is 5.41. The Bertz CT molecular complexity index is 394. The Morgan fingerprint density at radius 3 is 2.50 bits per heavy atom. The molecule has 0 spiro atoms. The van der Waals surface area contributed by atoms with Crippen LogP contribution in [0.2, 0.25) is 0 Å². The standard InChI is InChI=1S/C16H25NO/c1-13-6-5-7-14(12-13)16(2,3)17(4)15-8-10-18-11-9-15/h5-7,12,15H,8-11H2,1-4H3. The largest absolute Gasteiger partial charge is 0.381 e. The molecular formula is C16H25NO. The van der Waals surface area contributed by atoms with E-state index in [0.717, 1.165) is 26.1 Å². The molecule has 0 radical (unpaired) electrons. The van der Waals surface area contributed by atoms with Crippen LogP contribution in [0.4, 0.5) is 0 Å². The fraction of sp³-hybridized carbons (Fsp3) is 0.625. The van der Waals surface area contributed by atoms with Gasteiger partial charge in [-0.3, -0.25) is 4.90 Å². The second-order valence-corrected chi connectivity index (χ2v) is 5.88. The average Bonchev–Trinajstić information content (AvgIpc) is 2.39. The maximum absolute atomic E-state index is 5.46. The summed E-state index contributed by atoms with van der Waals surface area (Å²) in [7, 11) is 2.25. The summed E-state index contributed by atoms with van der Waals surface area (Å²) in [6, 6.07) is 9.49. The zero-order valence-corrected chi connectivity index (χ0v) is 12.1. The zero-order chi connectivity index (χ0) is 13.2. The van der Waals surface area contributed by atoms with Gasteiger partial charge in [-0.15, -0.1) is 0 Å². The van der Waals surface area contributed by atoms with E-state index in [0.29, 0.717) is 6.04 Å². The first-order valence-corrected chi connectivity index (χ1v) is 6.89. The van der Waals surface area contributed by atoms with E-state index in [1.807, 2.05) is 0 Å². The molecule has 0 amide bonds. The smallest absolute Gasteiger partial charge is 0.0480 e. The van der Waals surface area contributed by atoms with Crippen molar-refractivity contribution in [1.29, 1.82) is 0 Å². The Morgan fingerprint density at radius 1 is 1.22 bits per heavy atom. The molecule has 1 aromatic carbocycles. The monoisotopic (exact) mass is 247 g/mol. The molecule has 0 unspecified atom stereocenters. The third-order valence-corrected chi connectivity index (χ3v) is 4.34. The van der Waals surface area contributed by atoms with Crippen LogP contribution in [0, 0.1) is 6.92 Å². The number of rotatable bonds is 3. The van der Waals surface area contributed by atoms with Crippen molar-refractivity contribution >= 4 is 0 Å². The normalized spacial score (nSPS) is 18.3. The van der Waals surface area contributed by atoms with Crippen LogP contribution in [0.5, 0.6) is 0 Å². The quantitative estimate of drug-likeness (QED) is 0.812. The van der Waals surface area contributed by atoms with Crippen molar-refractivity contribution in [3.8, 4) is 0 Å². The van der Waals surface area contributed by atoms with Crippen molar-refractivity contribution in [2.24, 2.45) is 0 Å². The molecule has 0 atom stereocenters. The molecule has 0 bridgehead atoms. The third-order valence-electron chi connectivity index (χ3n) is 4.34. The lowest BCUT2D eigenvalue weighted by molar-refractivity contribution is 0.00552. The average molecular weight is 247 g/mol. The number of hydrogen-bond acceptors (Lipinski definition) is 2. The van der Waals surface area contributed by atoms with Crippen molar-refractivity contribution in [3.05, 3.63) is 35.4 Å². The predicted octanol–water partition coefficient (Wildman–Crippen LogP) is 3.34. The van der Waals surface area contributed by atoms with E-state index in [4.69, 9.17) is 4.74 Å². The molecule has 0 aromatic heterocycles. The number of hydrogen-bond donors (Lipinski definition) is 0. The van der Waals surface area contributed by atoms with Crippen LogP contribution >= 0.6 is 0 Å². The maximum Gasteiger partial charge on any atom is 0.0480 e. The molecule has 2 rings (SSSR count). The van der Waals surface area contributed by atoms with Gasteiger partial charge in [0.2, 0.25) is 0 Å². The number of nitrogens with zero attached hydrogens (tertiary/aromatic N) is 1. The highest BCUT2D eigenvalue weighted by Gasteiger charge is 2.31. The SMILES string of the molecule is Cc1cccc(C(C)(C)N(C)C2CCOCC2)c1. The lowest BCUT2D eigenvalue weighted by Gasteiger charge is -2.43. The summed E-state index contributed by atoms with van der Waals surface area (Å²) in [5.41, 5.74) is 2.81. The van der Waals surface area contributed by atoms with E-state index in [9.17, 15) is 0 Å². The Morgan fingerprint density at radius 2 is 1.89 bits per heavy atom. The highest BCUT2D eigenvalue weighted by Crippen LogP contribution is 2.31. The number of benzene rings is 1. The maximum atomic E-state index is 5.46. The van der Waals surface area contributed by atoms with E-state index >= 15 is 0 Å². The Balaban J connectivity index is 2.18. The highest BCUT2D eigenvalue weighted by atomic mass is 16.5. The van der Waals surface area contributed by atoms with Gasteiger partial charge in [-0.2, -0.15) is 0 Å². The van der Waals surface area contributed by atoms with Gasteiger partial charge in [0.15, 0.2) is 0 Å². The molecule has 0 saturated carbocycles. The van der Waals surface area contributed by atoms with Crippen LogP contribution in [-0.4, -0.2) is 31.2 Å². The first-order valence-electron chi connectivity index (χ1n) is 6.89. The molecule has 1 aliphatic heterocycles. The van der Waals surface area contributed by atoms with Crippen molar-refractivity contribution in [2.45, 2.75) is 45.2 Å². The Hall–Kier alpha value is -0.860. The van der Waals surface area contributed by atoms with Crippen LogP contribution in [0.25, 0.3) is 0 Å². The van der Waals surface area contributed by atoms with Gasteiger partial charge in [0.05, 0.1) is 0 Å². The highest BCUT2D eigenvalue weighted by molar-refractivity contribution is 5.28. The second-order valence-electron chi connectivity index (χ2n) is 5.88. The van der Waals surface area contributed by atoms with E-state index in [2.05, 4.69) is 57.0 Å². The fourth-order valence-corrected chi connectivity index (χ4v) is 2.76. The molecule has 1 saturated heterocycles. The third kappa shape index (κ3) is 2.76. The first-order chi connectivity index (χ1) is 8.51. The molecule has 1 aliphatic rings. The first kappa shape index (κ1) is 13.6. The van der Waals surface area contributed by atoms with E-state index in [1.54, 1.807) is 0 Å². The molecule has 0 aliphatic carbocycles. The van der Waals surface area contributed by atoms with E-state index in [1.165, 1.54) is 11.1 Å². The minimum atomic E-state index is 0.0774. The summed E-state index contributed by atoms with van der Waals surface area (Å²) in [5.74, 6) is 0. The molecule has 1 fully saturated rings. The molecule has 2 heteroatoms. The summed E-state index contributed by atoms with van der Waals surface area (Å²) >= 11 is 0. The molecule has 18 heavy (non-hydrogen) atoms. The molecule has 2 nitrogen and oxygen atoms in total. The van der Waals surface area contributed by atoms with Gasteiger partial charge in [0.1, 0.15) is 0 Å². The summed E-state index contributed by atoms with van der Waals surface area (Å²) in [6.07, 6.45) is 2.29. The van der Waals surface area contributed by atoms with Gasteiger partial charge < -0.3 is 4.74 Å². The van der Waals surface area contributed by atoms with Crippen molar-refractivity contribution < 1.29 is 4.74 Å². The topological polar surface area (TPSA) is 12.5 Å². The summed E-state index contributed by atoms with van der Waals surface area (Å²) < 4.78 is 5.46. The van der Waals surface area contributed by atoms with Gasteiger partial charge >= 0.3 is 0 Å². The molecule has 100 valence electrons. The van der Waals surface area contributed by atoms with Crippen molar-refractivity contribution in [2.75, 3.05) is 20.3 Å². The molecule has 0 N–H and O–H groups in total. The summed E-state index contributed by atoms with van der Waals surface area (Å²) in [5, 5.41) is 0. The minimum Gasteiger partial charge on any atom is -0.381 e. The van der Waals surface area contributed by atoms with Gasteiger partial charge in [0.25, 0.3) is 0 Å². The van der Waals surface area contributed by atoms with Gasteiger partial charge in [0, 0.05) is 24.8 Å². The van der Waals surface area contributed by atoms with Gasteiger partial charge in [-0.05, 0) is 46.2 Å². The van der Waals surface area contributed by atoms with Gasteiger partial charge in [-0.25, -0.2) is 0 Å². The lowest BCUT2D eigenvalue weighted by atomic mass is 9.89. The van der Waals surface area contributed by atoms with Crippen molar-refractivity contribution in [3.63, 3.8) is 0 Å². The number of aryl methyl sites for hydroxylation is 1. The summed E-state index contributed by atoms with van der Waals surface area (Å²) in [4.78, 5) is 2.52. The van der Waals surface area contributed by atoms with Crippen LogP contribution < -0.4 is 0 Å². The van der Waals surface area contributed by atoms with Crippen LogP contribution in [0.3, 0.4) is 0 Å². The zero-order valence-electron chi connectivity index (χ0n) is 12.1. The fourth-order valence-electron chi connectivity index (χ4n) is 2.76. The van der Waals surface area contributed by atoms with Crippen LogP contribution in [0.15, 0.2) is 24.3 Å². The van der Waals surface area contributed by atoms with Crippen molar-refractivity contribution in [1.82, 2.24) is 4.90 Å². The molecule has 1 aromatic rings. The summed E-state index contributed by atoms with van der Waals surface area (Å²) in [6.45, 7) is 8.60. The van der Waals surface area contributed by atoms with E-state index in [-0.39, 0.29) is 5.54 Å². The number of ether oxygens (including phenoxy) is 1. The molecular weight excluding hydrogens is 222 g/mol. The predicted molar refractivity (Wildman–Crippen MR) is 75.8 cm³/mol. The van der Waals surface area contributed by atoms with E-state index < -0.39 is 0 Å². The Labute approximate surface area is 111 Å².